The van der Waals surface area contributed by atoms with Crippen molar-refractivity contribution in [1.29, 1.82) is 0 Å². The first-order valence-corrected chi connectivity index (χ1v) is 17.9. The molecular weight excluding hydrogens is 724 g/mol. The molecule has 0 bridgehead atoms. The third-order valence-electron chi connectivity index (χ3n) is 6.48. The van der Waals surface area contributed by atoms with E-state index in [2.05, 4.69) is 24.8 Å². The minimum atomic E-state index is -3.50. The Balaban J connectivity index is 1.64. The second-order valence-electron chi connectivity index (χ2n) is 10.3. The minimum absolute atomic E-state index is 0.0245. The molecule has 50 heavy (non-hydrogen) atoms. The molecule has 0 atom stereocenters. The molecule has 3 rings (SSSR count). The van der Waals surface area contributed by atoms with Gasteiger partial charge in [-0.1, -0.05) is 29.3 Å². The number of halogens is 3. The van der Waals surface area contributed by atoms with Crippen molar-refractivity contribution in [3.8, 4) is 5.75 Å². The van der Waals surface area contributed by atoms with Crippen LogP contribution in [0.2, 0.25) is 10.0 Å². The maximum absolute atomic E-state index is 14.7. The highest BCUT2D eigenvalue weighted by Gasteiger charge is 2.15. The minimum Gasteiger partial charge on any atom is -0.489 e. The lowest BCUT2D eigenvalue weighted by atomic mass is 10.1. The van der Waals surface area contributed by atoms with Crippen LogP contribution in [0.4, 0.5) is 21.6 Å². The topological polar surface area (TPSA) is 191 Å². The summed E-state index contributed by atoms with van der Waals surface area (Å²) >= 11 is 12.0. The number of rotatable bonds is 24. The highest BCUT2D eigenvalue weighted by molar-refractivity contribution is 7.85. The lowest BCUT2D eigenvalue weighted by Crippen LogP contribution is -2.30. The van der Waals surface area contributed by atoms with Gasteiger partial charge < -0.3 is 39.8 Å². The van der Waals surface area contributed by atoms with Gasteiger partial charge in [0, 0.05) is 37.2 Å². The van der Waals surface area contributed by atoms with Crippen molar-refractivity contribution in [2.24, 2.45) is 0 Å². The zero-order valence-electron chi connectivity index (χ0n) is 27.3. The SMILES string of the molecule is CS(=O)(=O)OCCOCCOCCOCCOc1cc2ncnc(Nc3cc(Cl)c(Cl)cc3F)c2cc1NC(=O)/C=C/CN(CCO)CCO. The quantitative estimate of drug-likeness (QED) is 0.0451. The number of ether oxygens (including phenoxy) is 4. The van der Waals surface area contributed by atoms with Gasteiger partial charge in [0.25, 0.3) is 10.1 Å². The average Bonchev–Trinajstić information content (AvgIpc) is 3.05. The fraction of sp³-hybridized carbons (Fsp3) is 0.452. The largest absolute Gasteiger partial charge is 0.489 e. The van der Waals surface area contributed by atoms with Gasteiger partial charge in [0.1, 0.15) is 30.3 Å². The molecule has 15 nitrogen and oxygen atoms in total. The van der Waals surface area contributed by atoms with E-state index in [1.807, 2.05) is 0 Å². The second kappa shape index (κ2) is 21.9. The van der Waals surface area contributed by atoms with Gasteiger partial charge in [0.05, 0.1) is 92.7 Å². The molecule has 0 radical (unpaired) electrons. The van der Waals surface area contributed by atoms with Crippen LogP contribution in [0.3, 0.4) is 0 Å². The number of aromatic nitrogens is 2. The van der Waals surface area contributed by atoms with Gasteiger partial charge >= 0.3 is 0 Å². The molecule has 0 spiro atoms. The number of fused-ring (bicyclic) bond motifs is 1. The molecule has 0 saturated heterocycles. The van der Waals surface area contributed by atoms with Crippen LogP contribution in [0.25, 0.3) is 10.9 Å². The third kappa shape index (κ3) is 14.9. The molecule has 19 heteroatoms. The molecule has 1 aromatic heterocycles. The van der Waals surface area contributed by atoms with E-state index in [0.29, 0.717) is 30.5 Å². The van der Waals surface area contributed by atoms with Crippen molar-refractivity contribution in [3.05, 3.63) is 58.6 Å². The molecule has 0 saturated carbocycles. The molecule has 0 aliphatic rings. The van der Waals surface area contributed by atoms with Gasteiger partial charge in [-0.25, -0.2) is 14.4 Å². The van der Waals surface area contributed by atoms with Gasteiger partial charge in [-0.15, -0.1) is 0 Å². The molecule has 0 aliphatic carbocycles. The molecule has 0 aliphatic heterocycles. The Morgan fingerprint density at radius 3 is 2.16 bits per heavy atom. The standard InChI is InChI=1S/C31H40Cl2FN5O10S/c1-50(43,44)49-16-14-47-12-10-45-9-11-46-13-15-48-29-20-26-22(17-28(29)37-30(42)3-2-4-39(5-7-40)6-8-41)31(36-21-35-26)38-27-19-24(33)23(32)18-25(27)34/h2-3,17-21,40-41H,4-16H2,1H3,(H,37,42)(H,35,36,38)/b3-2+. The maximum atomic E-state index is 14.7. The first-order chi connectivity index (χ1) is 24.0. The predicted molar refractivity (Wildman–Crippen MR) is 186 cm³/mol. The number of carbonyl (C=O) groups is 1. The molecule has 4 N–H and O–H groups in total. The zero-order valence-corrected chi connectivity index (χ0v) is 29.6. The molecular formula is C31H40Cl2FN5O10S. The van der Waals surface area contributed by atoms with E-state index in [-0.39, 0.29) is 99.1 Å². The van der Waals surface area contributed by atoms with Crippen molar-refractivity contribution in [3.63, 3.8) is 0 Å². The summed E-state index contributed by atoms with van der Waals surface area (Å²) in [4.78, 5) is 23.3. The summed E-state index contributed by atoms with van der Waals surface area (Å²) < 4.78 is 63.2. The Morgan fingerprint density at radius 1 is 0.900 bits per heavy atom. The number of aliphatic hydroxyl groups is 2. The Morgan fingerprint density at radius 2 is 1.52 bits per heavy atom. The highest BCUT2D eigenvalue weighted by Crippen LogP contribution is 2.35. The fourth-order valence-corrected chi connectivity index (χ4v) is 4.89. The normalized spacial score (nSPS) is 11.9. The van der Waals surface area contributed by atoms with Crippen LogP contribution in [0.5, 0.6) is 5.75 Å². The van der Waals surface area contributed by atoms with Gasteiger partial charge in [-0.2, -0.15) is 8.42 Å². The summed E-state index contributed by atoms with van der Waals surface area (Å²) in [6.07, 6.45) is 5.16. The van der Waals surface area contributed by atoms with Crippen LogP contribution in [-0.4, -0.2) is 131 Å². The summed E-state index contributed by atoms with van der Waals surface area (Å²) in [7, 11) is -3.50. The van der Waals surface area contributed by atoms with E-state index in [9.17, 15) is 27.8 Å². The summed E-state index contributed by atoms with van der Waals surface area (Å²) in [5.74, 6) is -0.630. The van der Waals surface area contributed by atoms with Crippen molar-refractivity contribution >= 4 is 67.3 Å². The van der Waals surface area contributed by atoms with Gasteiger partial charge in [0.15, 0.2) is 0 Å². The average molecular weight is 765 g/mol. The highest BCUT2D eigenvalue weighted by atomic mass is 35.5. The van der Waals surface area contributed by atoms with Crippen molar-refractivity contribution in [2.45, 2.75) is 0 Å². The molecule has 2 aromatic carbocycles. The van der Waals surface area contributed by atoms with E-state index in [1.165, 1.54) is 18.5 Å². The Hall–Kier alpha value is -3.23. The molecule has 3 aromatic rings. The number of hydrogen-bond acceptors (Lipinski definition) is 14. The Labute approximate surface area is 299 Å². The van der Waals surface area contributed by atoms with Crippen molar-refractivity contribution < 1.29 is 50.9 Å². The molecule has 276 valence electrons. The molecule has 0 fully saturated rings. The predicted octanol–water partition coefficient (Wildman–Crippen LogP) is 3.01. The Bertz CT molecular complexity index is 1670. The third-order valence-corrected chi connectivity index (χ3v) is 7.79. The number of nitrogens with zero attached hydrogens (tertiary/aromatic N) is 3. The van der Waals surface area contributed by atoms with Gasteiger partial charge in [0.2, 0.25) is 5.91 Å². The monoisotopic (exact) mass is 763 g/mol. The summed E-state index contributed by atoms with van der Waals surface area (Å²) in [5.41, 5.74) is 0.721. The lowest BCUT2D eigenvalue weighted by molar-refractivity contribution is -0.111. The lowest BCUT2D eigenvalue weighted by Gasteiger charge is -2.17. The van der Waals surface area contributed by atoms with Gasteiger partial charge in [-0.3, -0.25) is 13.9 Å². The van der Waals surface area contributed by atoms with E-state index >= 15 is 0 Å². The number of anilines is 3. The maximum Gasteiger partial charge on any atom is 0.264 e. The zero-order chi connectivity index (χ0) is 36.4. The number of hydrogen-bond donors (Lipinski definition) is 4. The smallest absolute Gasteiger partial charge is 0.264 e. The molecule has 1 amide bonds. The summed E-state index contributed by atoms with van der Waals surface area (Å²) in [5, 5.41) is 24.7. The first-order valence-electron chi connectivity index (χ1n) is 15.3. The number of carbonyl (C=O) groups excluding carboxylic acids is 1. The molecule has 1 heterocycles. The van der Waals surface area contributed by atoms with Crippen LogP contribution >= 0.6 is 23.2 Å². The number of nitrogens with one attached hydrogen (secondary N) is 2. The first kappa shape index (κ1) is 41.2. The van der Waals surface area contributed by atoms with E-state index in [0.717, 1.165) is 12.3 Å². The van der Waals surface area contributed by atoms with Crippen LogP contribution in [-0.2, 0) is 33.3 Å². The van der Waals surface area contributed by atoms with E-state index in [1.54, 1.807) is 23.1 Å². The van der Waals surface area contributed by atoms with Crippen molar-refractivity contribution in [2.75, 3.05) is 103 Å². The number of aliphatic hydroxyl groups excluding tert-OH is 2. The van der Waals surface area contributed by atoms with Crippen LogP contribution < -0.4 is 15.4 Å². The number of amides is 1. The summed E-state index contributed by atoms with van der Waals surface area (Å²) in [6.45, 7) is 2.22. The van der Waals surface area contributed by atoms with Crippen LogP contribution in [0.1, 0.15) is 0 Å². The van der Waals surface area contributed by atoms with Crippen LogP contribution in [0.15, 0.2) is 42.7 Å². The van der Waals surface area contributed by atoms with E-state index < -0.39 is 21.8 Å². The van der Waals surface area contributed by atoms with Crippen LogP contribution in [0, 0.1) is 5.82 Å². The molecule has 0 unspecified atom stereocenters. The van der Waals surface area contributed by atoms with Gasteiger partial charge in [-0.05, 0) is 18.2 Å². The van der Waals surface area contributed by atoms with E-state index in [4.69, 9.17) is 42.1 Å². The van der Waals surface area contributed by atoms with Crippen molar-refractivity contribution in [1.82, 2.24) is 14.9 Å². The number of benzene rings is 2. The summed E-state index contributed by atoms with van der Waals surface area (Å²) in [6, 6.07) is 5.59. The second-order valence-corrected chi connectivity index (χ2v) is 12.8. The fourth-order valence-electron chi connectivity index (χ4n) is 4.20. The Kier molecular flexibility index (Phi) is 18.0.